The summed E-state index contributed by atoms with van der Waals surface area (Å²) >= 11 is 0. The summed E-state index contributed by atoms with van der Waals surface area (Å²) in [6.07, 6.45) is 5.61. The van der Waals surface area contributed by atoms with Gasteiger partial charge in [0.15, 0.2) is 0 Å². The molecule has 1 aromatic heterocycles. The van der Waals surface area contributed by atoms with Gasteiger partial charge < -0.3 is 4.74 Å². The van der Waals surface area contributed by atoms with E-state index in [4.69, 9.17) is 4.74 Å². The van der Waals surface area contributed by atoms with E-state index in [1.807, 2.05) is 37.9 Å². The summed E-state index contributed by atoms with van der Waals surface area (Å²) in [6.45, 7) is 10.2. The molecule has 150 valence electrons. The number of piperazine rings is 1. The van der Waals surface area contributed by atoms with Crippen LogP contribution in [0.5, 0.6) is 0 Å². The number of aromatic nitrogens is 2. The lowest BCUT2D eigenvalue weighted by Crippen LogP contribution is -2.56. The van der Waals surface area contributed by atoms with Gasteiger partial charge in [-0.05, 0) is 45.2 Å². The third-order valence-corrected chi connectivity index (χ3v) is 5.39. The molecule has 7 heteroatoms. The average Bonchev–Trinajstić information content (AvgIpc) is 3.20. The molecule has 0 N–H and O–H groups in total. The summed E-state index contributed by atoms with van der Waals surface area (Å²) in [7, 11) is 0. The molecule has 4 rings (SSSR count). The van der Waals surface area contributed by atoms with Crippen LogP contribution in [0.4, 0.5) is 4.79 Å². The standard InChI is InChI=1S/C21H29N5O2/c1-21(2,3)28-20(27)26-11-10-25(24-8-4-5-9-24)14-19(26)16-6-7-17-13-22-15-23-18(17)12-16/h6-7,12-13,15,19H,4-5,8-11,14H2,1-3H3. The van der Waals surface area contributed by atoms with Gasteiger partial charge in [-0.3, -0.25) is 4.90 Å². The van der Waals surface area contributed by atoms with Gasteiger partial charge in [0.05, 0.1) is 11.6 Å². The molecule has 0 saturated carbocycles. The molecular weight excluding hydrogens is 354 g/mol. The molecule has 2 aromatic rings. The highest BCUT2D eigenvalue weighted by atomic mass is 16.6. The van der Waals surface area contributed by atoms with Gasteiger partial charge >= 0.3 is 6.09 Å². The van der Waals surface area contributed by atoms with E-state index in [-0.39, 0.29) is 12.1 Å². The number of carbonyl (C=O) groups excluding carboxylic acids is 1. The Kier molecular flexibility index (Phi) is 5.21. The molecule has 0 aliphatic carbocycles. The van der Waals surface area contributed by atoms with E-state index >= 15 is 0 Å². The molecule has 2 aliphatic heterocycles. The van der Waals surface area contributed by atoms with E-state index < -0.39 is 5.60 Å². The number of ether oxygens (including phenoxy) is 1. The molecule has 1 atom stereocenters. The maximum Gasteiger partial charge on any atom is 0.410 e. The second-order valence-electron chi connectivity index (χ2n) is 8.60. The predicted molar refractivity (Wildman–Crippen MR) is 108 cm³/mol. The Bertz CT molecular complexity index is 844. The van der Waals surface area contributed by atoms with Gasteiger partial charge in [-0.25, -0.2) is 24.8 Å². The van der Waals surface area contributed by atoms with Crippen molar-refractivity contribution in [3.63, 3.8) is 0 Å². The first kappa shape index (κ1) is 19.1. The van der Waals surface area contributed by atoms with Crippen LogP contribution in [0.2, 0.25) is 0 Å². The molecule has 1 aromatic carbocycles. The van der Waals surface area contributed by atoms with Gasteiger partial charge in [-0.2, -0.15) is 0 Å². The molecular formula is C21H29N5O2. The quantitative estimate of drug-likeness (QED) is 0.793. The van der Waals surface area contributed by atoms with Gasteiger partial charge in [0, 0.05) is 44.3 Å². The van der Waals surface area contributed by atoms with Crippen LogP contribution in [0.25, 0.3) is 10.9 Å². The minimum absolute atomic E-state index is 0.0661. The van der Waals surface area contributed by atoms with Gasteiger partial charge in [0.2, 0.25) is 0 Å². The van der Waals surface area contributed by atoms with E-state index in [9.17, 15) is 4.79 Å². The molecule has 2 aliphatic rings. The van der Waals surface area contributed by atoms with Crippen molar-refractivity contribution in [1.82, 2.24) is 24.9 Å². The Morgan fingerprint density at radius 1 is 1.11 bits per heavy atom. The summed E-state index contributed by atoms with van der Waals surface area (Å²) < 4.78 is 5.71. The summed E-state index contributed by atoms with van der Waals surface area (Å²) in [5.74, 6) is 0. The van der Waals surface area contributed by atoms with Crippen LogP contribution in [0.1, 0.15) is 45.2 Å². The maximum atomic E-state index is 12.9. The van der Waals surface area contributed by atoms with Crippen molar-refractivity contribution in [3.8, 4) is 0 Å². The lowest BCUT2D eigenvalue weighted by atomic mass is 10.0. The number of hydrazine groups is 1. The Balaban J connectivity index is 1.63. The van der Waals surface area contributed by atoms with Crippen molar-refractivity contribution in [2.45, 2.75) is 45.3 Å². The first-order valence-electron chi connectivity index (χ1n) is 10.1. The first-order valence-corrected chi connectivity index (χ1v) is 10.1. The molecule has 28 heavy (non-hydrogen) atoms. The fraction of sp³-hybridized carbons (Fsp3) is 0.571. The van der Waals surface area contributed by atoms with Crippen LogP contribution < -0.4 is 0 Å². The SMILES string of the molecule is CC(C)(C)OC(=O)N1CCN(N2CCCC2)CC1c1ccc2cncnc2c1. The van der Waals surface area contributed by atoms with Gasteiger partial charge in [-0.1, -0.05) is 12.1 Å². The summed E-state index contributed by atoms with van der Waals surface area (Å²) in [5, 5.41) is 5.84. The molecule has 2 saturated heterocycles. The minimum Gasteiger partial charge on any atom is -0.444 e. The Labute approximate surface area is 166 Å². The Hall–Kier alpha value is -2.25. The van der Waals surface area contributed by atoms with Gasteiger partial charge in [0.1, 0.15) is 11.9 Å². The fourth-order valence-corrected chi connectivity index (χ4v) is 4.03. The van der Waals surface area contributed by atoms with Crippen LogP contribution >= 0.6 is 0 Å². The maximum absolute atomic E-state index is 12.9. The highest BCUT2D eigenvalue weighted by Gasteiger charge is 2.36. The third kappa shape index (κ3) is 4.10. The van der Waals surface area contributed by atoms with Crippen molar-refractivity contribution in [1.29, 1.82) is 0 Å². The van der Waals surface area contributed by atoms with Crippen molar-refractivity contribution in [2.24, 2.45) is 0 Å². The van der Waals surface area contributed by atoms with Gasteiger partial charge in [-0.15, -0.1) is 0 Å². The lowest BCUT2D eigenvalue weighted by molar-refractivity contribution is -0.0684. The lowest BCUT2D eigenvalue weighted by Gasteiger charge is -2.44. The third-order valence-electron chi connectivity index (χ3n) is 5.39. The molecule has 0 bridgehead atoms. The largest absolute Gasteiger partial charge is 0.444 e. The number of nitrogens with zero attached hydrogens (tertiary/aromatic N) is 5. The molecule has 0 radical (unpaired) electrons. The molecule has 2 fully saturated rings. The average molecular weight is 383 g/mol. The van der Waals surface area contributed by atoms with E-state index in [2.05, 4.69) is 32.1 Å². The minimum atomic E-state index is -0.510. The molecule has 0 spiro atoms. The molecule has 7 nitrogen and oxygen atoms in total. The van der Waals surface area contributed by atoms with Crippen molar-refractivity contribution < 1.29 is 9.53 Å². The van der Waals surface area contributed by atoms with Crippen LogP contribution in [0.3, 0.4) is 0 Å². The molecule has 1 amide bonds. The summed E-state index contributed by atoms with van der Waals surface area (Å²) in [6, 6.07) is 6.13. The zero-order valence-electron chi connectivity index (χ0n) is 17.0. The Morgan fingerprint density at radius 3 is 2.64 bits per heavy atom. The molecule has 1 unspecified atom stereocenters. The highest BCUT2D eigenvalue weighted by molar-refractivity contribution is 5.78. The normalized spacial score (nSPS) is 22.0. The zero-order valence-corrected chi connectivity index (χ0v) is 17.0. The number of carbonyl (C=O) groups is 1. The van der Waals surface area contributed by atoms with Crippen molar-refractivity contribution in [3.05, 3.63) is 36.3 Å². The Morgan fingerprint density at radius 2 is 1.89 bits per heavy atom. The second kappa shape index (κ2) is 7.64. The van der Waals surface area contributed by atoms with E-state index in [0.717, 1.165) is 42.6 Å². The number of fused-ring (bicyclic) bond motifs is 1. The topological polar surface area (TPSA) is 61.8 Å². The summed E-state index contributed by atoms with van der Waals surface area (Å²) in [5.41, 5.74) is 1.47. The van der Waals surface area contributed by atoms with Crippen LogP contribution in [-0.4, -0.2) is 69.3 Å². The fourth-order valence-electron chi connectivity index (χ4n) is 4.03. The highest BCUT2D eigenvalue weighted by Crippen LogP contribution is 2.30. The number of rotatable bonds is 2. The van der Waals surface area contributed by atoms with E-state index in [0.29, 0.717) is 6.54 Å². The van der Waals surface area contributed by atoms with Crippen LogP contribution in [0, 0.1) is 0 Å². The monoisotopic (exact) mass is 383 g/mol. The second-order valence-corrected chi connectivity index (χ2v) is 8.60. The molecule has 3 heterocycles. The number of hydrogen-bond donors (Lipinski definition) is 0. The number of amides is 1. The van der Waals surface area contributed by atoms with Crippen molar-refractivity contribution >= 4 is 17.0 Å². The van der Waals surface area contributed by atoms with Gasteiger partial charge in [0.25, 0.3) is 0 Å². The zero-order chi connectivity index (χ0) is 19.7. The van der Waals surface area contributed by atoms with E-state index in [1.165, 1.54) is 12.8 Å². The van der Waals surface area contributed by atoms with Crippen LogP contribution in [0.15, 0.2) is 30.7 Å². The van der Waals surface area contributed by atoms with E-state index in [1.54, 1.807) is 6.33 Å². The number of hydrogen-bond acceptors (Lipinski definition) is 6. The number of benzene rings is 1. The first-order chi connectivity index (χ1) is 13.4. The van der Waals surface area contributed by atoms with Crippen LogP contribution in [-0.2, 0) is 4.74 Å². The van der Waals surface area contributed by atoms with Crippen molar-refractivity contribution in [2.75, 3.05) is 32.7 Å². The summed E-state index contributed by atoms with van der Waals surface area (Å²) in [4.78, 5) is 23.3. The smallest absolute Gasteiger partial charge is 0.410 e. The predicted octanol–water partition coefficient (Wildman–Crippen LogP) is 3.23.